The topological polar surface area (TPSA) is 137 Å². The van der Waals surface area contributed by atoms with Gasteiger partial charge in [0.05, 0.1) is 16.4 Å². The van der Waals surface area contributed by atoms with Gasteiger partial charge in [0.15, 0.2) is 11.0 Å². The Morgan fingerprint density at radius 3 is 2.72 bits per heavy atom. The van der Waals surface area contributed by atoms with Crippen molar-refractivity contribution in [1.82, 2.24) is 25.0 Å². The molecule has 0 fully saturated rings. The molecule has 1 aromatic carbocycles. The maximum atomic E-state index is 11.3. The van der Waals surface area contributed by atoms with Crippen molar-refractivity contribution in [2.75, 3.05) is 5.75 Å². The molecule has 0 amide bonds. The highest BCUT2D eigenvalue weighted by molar-refractivity contribution is 7.99. The molecule has 11 heteroatoms. The molecule has 128 valence electrons. The molecule has 3 N–H and O–H groups in total. The van der Waals surface area contributed by atoms with Crippen LogP contribution in [0.25, 0.3) is 22.6 Å². The summed E-state index contributed by atoms with van der Waals surface area (Å²) in [5.41, 5.74) is 1.74. The number of aromatic amines is 1. The Labute approximate surface area is 145 Å². The van der Waals surface area contributed by atoms with E-state index < -0.39 is 5.97 Å². The number of benzene rings is 1. The molecule has 0 radical (unpaired) electrons. The molecule has 0 aliphatic rings. The van der Waals surface area contributed by atoms with Gasteiger partial charge < -0.3 is 10.1 Å². The van der Waals surface area contributed by atoms with Gasteiger partial charge >= 0.3 is 11.7 Å². The third kappa shape index (κ3) is 3.83. The number of H-pyrrole nitrogens is 1. The van der Waals surface area contributed by atoms with E-state index in [4.69, 9.17) is 5.11 Å². The van der Waals surface area contributed by atoms with Crippen molar-refractivity contribution in [2.24, 2.45) is 7.05 Å². The molecule has 25 heavy (non-hydrogen) atoms. The Hall–Kier alpha value is -3.21. The number of aromatic nitrogens is 5. The molecule has 2 aromatic heterocycles. The summed E-state index contributed by atoms with van der Waals surface area (Å²) in [6.07, 6.45) is 1.75. The van der Waals surface area contributed by atoms with E-state index in [1.165, 1.54) is 12.1 Å². The van der Waals surface area contributed by atoms with Gasteiger partial charge in [0.2, 0.25) is 0 Å². The van der Waals surface area contributed by atoms with Crippen LogP contribution < -0.4 is 0 Å². The van der Waals surface area contributed by atoms with Crippen LogP contribution in [0.4, 0.5) is 5.69 Å². The molecule has 3 aromatic rings. The summed E-state index contributed by atoms with van der Waals surface area (Å²) >= 11 is 0.993. The predicted octanol–water partition coefficient (Wildman–Crippen LogP) is 1.85. The Morgan fingerprint density at radius 1 is 1.32 bits per heavy atom. The zero-order valence-corrected chi connectivity index (χ0v) is 13.8. The fourth-order valence-electron chi connectivity index (χ4n) is 2.15. The Kier molecular flexibility index (Phi) is 4.48. The van der Waals surface area contributed by atoms with E-state index in [9.17, 15) is 14.9 Å². The van der Waals surface area contributed by atoms with Crippen LogP contribution in [0.5, 0.6) is 0 Å². The van der Waals surface area contributed by atoms with Crippen molar-refractivity contribution in [3.8, 4) is 22.6 Å². The monoisotopic (exact) mass is 361 g/mol. The lowest BCUT2D eigenvalue weighted by Crippen LogP contribution is -1.97. The molecule has 0 aliphatic heterocycles. The molecule has 2 heterocycles. The van der Waals surface area contributed by atoms with Gasteiger partial charge in [-0.15, -0.1) is 10.2 Å². The SMILES string of the molecule is Cn1ccc(-c2cc(-c3nnc(SCC(=O)O)[nH]3)cc([N+](=O)O)c2)n1. The van der Waals surface area contributed by atoms with Crippen molar-refractivity contribution in [3.63, 3.8) is 0 Å². The standard InChI is InChI=1S/C14H12N6O4S/c1-19-3-2-11(18-19)8-4-9(6-10(5-8)20(23)24)13-15-14(17-16-13)25-7-12(21)22/h2-6H,7H2,1H3,(H2-,15,16,17,21,22,23,24)/p+1. The number of nitrogens with one attached hydrogen (secondary N) is 1. The van der Waals surface area contributed by atoms with Crippen LogP contribution in [0.1, 0.15) is 0 Å². The van der Waals surface area contributed by atoms with E-state index in [0.717, 1.165) is 11.8 Å². The average molecular weight is 361 g/mol. The molecule has 0 saturated heterocycles. The summed E-state index contributed by atoms with van der Waals surface area (Å²) in [4.78, 5) is 24.6. The van der Waals surface area contributed by atoms with E-state index >= 15 is 0 Å². The molecule has 0 aliphatic carbocycles. The lowest BCUT2D eigenvalue weighted by atomic mass is 10.1. The molecule has 0 spiro atoms. The van der Waals surface area contributed by atoms with Crippen molar-refractivity contribution in [2.45, 2.75) is 5.16 Å². The highest BCUT2D eigenvalue weighted by atomic mass is 32.2. The van der Waals surface area contributed by atoms with Crippen LogP contribution in [-0.2, 0) is 11.8 Å². The first-order valence-electron chi connectivity index (χ1n) is 7.01. The minimum atomic E-state index is -0.968. The number of rotatable bonds is 6. The lowest BCUT2D eigenvalue weighted by molar-refractivity contribution is -0.729. The normalized spacial score (nSPS) is 10.8. The van der Waals surface area contributed by atoms with Crippen LogP contribution in [0.3, 0.4) is 0 Å². The number of thioether (sulfide) groups is 1. The van der Waals surface area contributed by atoms with Crippen LogP contribution in [0.15, 0.2) is 35.6 Å². The molecular formula is C14H13N6O4S+. The van der Waals surface area contributed by atoms with Gasteiger partial charge in [0, 0.05) is 36.5 Å². The number of hydrogen-bond acceptors (Lipinski definition) is 6. The molecule has 0 unspecified atom stereocenters. The minimum absolute atomic E-state index is 0.00860. The molecule has 3 rings (SSSR count). The number of nitrogens with zero attached hydrogens (tertiary/aromatic N) is 5. The molecule has 0 bridgehead atoms. The number of carboxylic acid groups (broad SMARTS) is 1. The van der Waals surface area contributed by atoms with Crippen LogP contribution in [0, 0.1) is 4.91 Å². The average Bonchev–Trinajstić information content (AvgIpc) is 3.21. The predicted molar refractivity (Wildman–Crippen MR) is 87.5 cm³/mol. The third-order valence-corrected chi connectivity index (χ3v) is 4.07. The van der Waals surface area contributed by atoms with E-state index in [1.54, 1.807) is 30.1 Å². The van der Waals surface area contributed by atoms with E-state index in [1.807, 2.05) is 0 Å². The molecule has 0 saturated carbocycles. The quantitative estimate of drug-likeness (QED) is 0.447. The highest BCUT2D eigenvalue weighted by Gasteiger charge is 2.19. The summed E-state index contributed by atoms with van der Waals surface area (Å²) in [6.45, 7) is 0. The second-order valence-corrected chi connectivity index (χ2v) is 6.04. The molecular weight excluding hydrogens is 348 g/mol. The zero-order chi connectivity index (χ0) is 18.0. The number of carbonyl (C=O) groups is 1. The minimum Gasteiger partial charge on any atom is -0.481 e. The summed E-state index contributed by atoms with van der Waals surface area (Å²) in [5.74, 6) is -0.780. The van der Waals surface area contributed by atoms with Crippen molar-refractivity contribution in [3.05, 3.63) is 35.4 Å². The first-order chi connectivity index (χ1) is 11.9. The van der Waals surface area contributed by atoms with Crippen LogP contribution in [-0.4, -0.2) is 51.9 Å². The largest absolute Gasteiger partial charge is 0.481 e. The van der Waals surface area contributed by atoms with E-state index in [-0.39, 0.29) is 16.4 Å². The first-order valence-corrected chi connectivity index (χ1v) is 8.00. The zero-order valence-electron chi connectivity index (χ0n) is 12.9. The lowest BCUT2D eigenvalue weighted by Gasteiger charge is -2.00. The smallest absolute Gasteiger partial charge is 0.317 e. The maximum absolute atomic E-state index is 11.3. The summed E-state index contributed by atoms with van der Waals surface area (Å²) < 4.78 is 1.62. The van der Waals surface area contributed by atoms with Gasteiger partial charge in [-0.2, -0.15) is 5.10 Å². The van der Waals surface area contributed by atoms with Crippen molar-refractivity contribution < 1.29 is 20.0 Å². The fourth-order valence-corrected chi connectivity index (χ4v) is 2.67. The van der Waals surface area contributed by atoms with E-state index in [0.29, 0.717) is 27.8 Å². The van der Waals surface area contributed by atoms with Gasteiger partial charge in [-0.05, 0) is 12.1 Å². The van der Waals surface area contributed by atoms with Gasteiger partial charge in [-0.3, -0.25) is 9.48 Å². The summed E-state index contributed by atoms with van der Waals surface area (Å²) in [6, 6.07) is 6.44. The second kappa shape index (κ2) is 6.73. The Balaban J connectivity index is 1.99. The number of hydrogen-bond donors (Lipinski definition) is 3. The van der Waals surface area contributed by atoms with Crippen molar-refractivity contribution in [1.29, 1.82) is 0 Å². The summed E-state index contributed by atoms with van der Waals surface area (Å²) in [5, 5.41) is 30.4. The third-order valence-electron chi connectivity index (χ3n) is 3.22. The van der Waals surface area contributed by atoms with Crippen molar-refractivity contribution >= 4 is 23.4 Å². The first kappa shape index (κ1) is 16.6. The van der Waals surface area contributed by atoms with Crippen LogP contribution in [0.2, 0.25) is 0 Å². The Morgan fingerprint density at radius 2 is 2.08 bits per heavy atom. The molecule has 10 nitrogen and oxygen atoms in total. The van der Waals surface area contributed by atoms with Gasteiger partial charge in [0.25, 0.3) is 4.92 Å². The highest BCUT2D eigenvalue weighted by Crippen LogP contribution is 2.29. The number of carboxylic acids is 1. The van der Waals surface area contributed by atoms with Gasteiger partial charge in [-0.1, -0.05) is 11.8 Å². The second-order valence-electron chi connectivity index (χ2n) is 5.08. The Bertz CT molecular complexity index is 950. The molecule has 0 atom stereocenters. The van der Waals surface area contributed by atoms with Gasteiger partial charge in [0.1, 0.15) is 0 Å². The number of aliphatic carboxylic acids is 1. The fraction of sp³-hybridized carbons (Fsp3) is 0.143. The number of aryl methyl sites for hydroxylation is 1. The van der Waals surface area contributed by atoms with Crippen LogP contribution >= 0.6 is 11.8 Å². The summed E-state index contributed by atoms with van der Waals surface area (Å²) in [7, 11) is 1.77. The van der Waals surface area contributed by atoms with E-state index in [2.05, 4.69) is 20.3 Å². The van der Waals surface area contributed by atoms with Gasteiger partial charge in [-0.25, -0.2) is 5.21 Å². The maximum Gasteiger partial charge on any atom is 0.317 e.